The van der Waals surface area contributed by atoms with Gasteiger partial charge in [-0.15, -0.1) is 0 Å². The summed E-state index contributed by atoms with van der Waals surface area (Å²) in [6.45, 7) is 1.91. The summed E-state index contributed by atoms with van der Waals surface area (Å²) >= 11 is 0. The van der Waals surface area contributed by atoms with E-state index in [1.54, 1.807) is 0 Å². The van der Waals surface area contributed by atoms with Gasteiger partial charge in [-0.1, -0.05) is 13.3 Å². The topological polar surface area (TPSA) is 63.3 Å². The van der Waals surface area contributed by atoms with Gasteiger partial charge < -0.3 is 10.8 Å². The molecule has 0 aromatic heterocycles. The van der Waals surface area contributed by atoms with Gasteiger partial charge in [-0.2, -0.15) is 0 Å². The predicted molar refractivity (Wildman–Crippen MR) is 30.5 cm³/mol. The van der Waals surface area contributed by atoms with Crippen molar-refractivity contribution < 1.29 is 9.90 Å². The first-order valence-corrected chi connectivity index (χ1v) is 2.67. The van der Waals surface area contributed by atoms with Gasteiger partial charge >= 0.3 is 5.97 Å². The summed E-state index contributed by atoms with van der Waals surface area (Å²) in [4.78, 5) is 9.96. The van der Waals surface area contributed by atoms with Crippen molar-refractivity contribution in [1.29, 1.82) is 0 Å². The minimum Gasteiger partial charge on any atom is -0.480 e. The summed E-state index contributed by atoms with van der Waals surface area (Å²) in [5.41, 5.74) is 5.13. The Morgan fingerprint density at radius 1 is 1.88 bits per heavy atom. The van der Waals surface area contributed by atoms with E-state index in [0.29, 0.717) is 6.42 Å². The molecule has 0 rings (SSSR count). The van der Waals surface area contributed by atoms with E-state index in [1.165, 1.54) is 0 Å². The zero-order chi connectivity index (χ0) is 6.57. The number of hydrogen-bond acceptors (Lipinski definition) is 2. The number of hydrogen-bond donors (Lipinski definition) is 2. The third kappa shape index (κ3) is 2.58. The van der Waals surface area contributed by atoms with Crippen molar-refractivity contribution in [3.8, 4) is 0 Å². The predicted octanol–water partition coefficient (Wildman–Crippen LogP) is 0.198. The van der Waals surface area contributed by atoms with Crippen LogP contribution < -0.4 is 5.73 Å². The molecule has 48 valence electrons. The molecule has 3 N–H and O–H groups in total. The summed E-state index contributed by atoms with van der Waals surface area (Å²) < 4.78 is 0. The average molecular weight is 119 g/mol. The Balaban J connectivity index is 3.32. The Morgan fingerprint density at radius 3 is 2.50 bits per heavy atom. The van der Waals surface area contributed by atoms with Gasteiger partial charge in [0.25, 0.3) is 0 Å². The monoisotopic (exact) mass is 119 g/mol. The maximum absolute atomic E-state index is 9.96. The molecule has 0 bridgehead atoms. The van der Waals surface area contributed by atoms with Crippen LogP contribution in [0.15, 0.2) is 0 Å². The molecule has 8 heavy (non-hydrogen) atoms. The molecular formula is C5H11NO2. The highest BCUT2D eigenvalue weighted by atomic mass is 16.4. The second-order valence-corrected chi connectivity index (χ2v) is 1.73. The molecular weight excluding hydrogens is 108 g/mol. The van der Waals surface area contributed by atoms with E-state index in [-0.39, 0.29) is 0 Å². The highest BCUT2D eigenvalue weighted by Crippen LogP contribution is 1.91. The Kier molecular flexibility index (Phi) is 3.19. The standard InChI is InChI=1S/C5H11NO2/c1-2-3-4(6)5(7)8/h4H,2-3,6H2,1H3,(H,7,8)/t4-/m1/s1/i3+1,6+1. The number of carboxylic acid groups (broad SMARTS) is 1. The highest BCUT2D eigenvalue weighted by molar-refractivity contribution is 5.72. The van der Waals surface area contributed by atoms with Crippen molar-refractivity contribution in [3.05, 3.63) is 0 Å². The molecule has 0 spiro atoms. The van der Waals surface area contributed by atoms with Gasteiger partial charge in [-0.25, -0.2) is 0 Å². The molecule has 0 unspecified atom stereocenters. The largest absolute Gasteiger partial charge is 0.480 e. The Hall–Kier alpha value is -0.570. The lowest BCUT2D eigenvalue weighted by molar-refractivity contribution is -0.138. The second-order valence-electron chi connectivity index (χ2n) is 1.73. The van der Waals surface area contributed by atoms with Gasteiger partial charge in [0.2, 0.25) is 0 Å². The van der Waals surface area contributed by atoms with Crippen LogP contribution in [0.25, 0.3) is 0 Å². The van der Waals surface area contributed by atoms with E-state index in [2.05, 4.69) is 0 Å². The zero-order valence-corrected chi connectivity index (χ0v) is 4.92. The van der Waals surface area contributed by atoms with Crippen molar-refractivity contribution >= 4 is 5.97 Å². The molecule has 1 atom stereocenters. The van der Waals surface area contributed by atoms with Crippen LogP contribution in [-0.2, 0) is 4.79 Å². The van der Waals surface area contributed by atoms with Gasteiger partial charge in [0, 0.05) is 0 Å². The molecule has 0 saturated carbocycles. The molecule has 0 saturated heterocycles. The lowest BCUT2D eigenvalue weighted by atomic mass is 10.4. The summed E-state index contributed by atoms with van der Waals surface area (Å²) in [7, 11) is 0. The number of nitrogens with two attached hydrogens (primary N) is 1. The average Bonchev–Trinajstić information content (AvgIpc) is 1.67. The van der Waals surface area contributed by atoms with Gasteiger partial charge in [-0.3, -0.25) is 4.79 Å². The molecule has 0 heterocycles. The van der Waals surface area contributed by atoms with Crippen LogP contribution in [0.1, 0.15) is 19.8 Å². The van der Waals surface area contributed by atoms with Crippen LogP contribution >= 0.6 is 0 Å². The fourth-order valence-corrected chi connectivity index (χ4v) is 0.434. The van der Waals surface area contributed by atoms with Crippen LogP contribution in [0.5, 0.6) is 0 Å². The van der Waals surface area contributed by atoms with E-state index >= 15 is 0 Å². The van der Waals surface area contributed by atoms with E-state index in [1.807, 2.05) is 6.92 Å². The number of rotatable bonds is 3. The van der Waals surface area contributed by atoms with Crippen molar-refractivity contribution in [1.82, 2.24) is 0 Å². The van der Waals surface area contributed by atoms with E-state index < -0.39 is 12.0 Å². The van der Waals surface area contributed by atoms with E-state index in [0.717, 1.165) is 6.42 Å². The van der Waals surface area contributed by atoms with Crippen LogP contribution in [0.4, 0.5) is 0 Å². The van der Waals surface area contributed by atoms with Crippen LogP contribution in [0, 0.1) is 0 Å². The molecule has 0 amide bonds. The van der Waals surface area contributed by atoms with Crippen LogP contribution in [-0.4, -0.2) is 17.1 Å². The molecule has 3 nitrogen and oxygen atoms in total. The van der Waals surface area contributed by atoms with Gasteiger partial charge in [-0.05, 0) is 6.42 Å². The van der Waals surface area contributed by atoms with Crippen LogP contribution in [0.2, 0.25) is 0 Å². The van der Waals surface area contributed by atoms with Gasteiger partial charge in [0.1, 0.15) is 6.04 Å². The van der Waals surface area contributed by atoms with Gasteiger partial charge in [0.05, 0.1) is 0 Å². The number of carboxylic acids is 1. The SMILES string of the molecule is CC[13CH2][C@@H]([15NH2])C(=O)O. The normalized spacial score (nSPS) is 13.2. The maximum Gasteiger partial charge on any atom is 0.320 e. The molecule has 0 aliphatic carbocycles. The first kappa shape index (κ1) is 7.43. The Morgan fingerprint density at radius 2 is 2.38 bits per heavy atom. The summed E-state index contributed by atoms with van der Waals surface area (Å²) in [6, 6.07) is -0.667. The van der Waals surface area contributed by atoms with Crippen LogP contribution in [0.3, 0.4) is 0 Å². The lowest BCUT2D eigenvalue weighted by Gasteiger charge is -2.00. The molecule has 0 fully saturated rings. The summed E-state index contributed by atoms with van der Waals surface area (Å²) in [5.74, 6) is -0.910. The quantitative estimate of drug-likeness (QED) is 0.412. The zero-order valence-electron chi connectivity index (χ0n) is 4.92. The molecule has 3 heteroatoms. The van der Waals surface area contributed by atoms with E-state index in [9.17, 15) is 4.79 Å². The van der Waals surface area contributed by atoms with E-state index in [4.69, 9.17) is 10.8 Å². The summed E-state index contributed by atoms with van der Waals surface area (Å²) in [6.07, 6.45) is 1.39. The number of carbonyl (C=O) groups is 1. The number of aliphatic carboxylic acids is 1. The minimum absolute atomic E-state index is 0.565. The maximum atomic E-state index is 9.96. The Labute approximate surface area is 48.5 Å². The smallest absolute Gasteiger partial charge is 0.320 e. The molecule has 0 aliphatic rings. The lowest BCUT2D eigenvalue weighted by Crippen LogP contribution is -2.29. The fourth-order valence-electron chi connectivity index (χ4n) is 0.434. The van der Waals surface area contributed by atoms with Crippen molar-refractivity contribution in [2.24, 2.45) is 5.73 Å². The molecule has 0 aromatic rings. The summed E-state index contributed by atoms with van der Waals surface area (Å²) in [5, 5.41) is 8.19. The van der Waals surface area contributed by atoms with Gasteiger partial charge in [0.15, 0.2) is 0 Å². The van der Waals surface area contributed by atoms with Crippen molar-refractivity contribution in [2.45, 2.75) is 25.8 Å². The van der Waals surface area contributed by atoms with Crippen molar-refractivity contribution in [3.63, 3.8) is 0 Å². The van der Waals surface area contributed by atoms with Crippen molar-refractivity contribution in [2.75, 3.05) is 0 Å². The molecule has 0 aromatic carbocycles. The first-order valence-electron chi connectivity index (χ1n) is 2.67. The third-order valence-corrected chi connectivity index (χ3v) is 0.917. The minimum atomic E-state index is -0.910. The molecule has 0 radical (unpaired) electrons. The Bertz CT molecular complexity index is 82.5. The first-order chi connectivity index (χ1) is 3.68. The fraction of sp³-hybridized carbons (Fsp3) is 0.800. The molecule has 0 aliphatic heterocycles. The second kappa shape index (κ2) is 3.43. The third-order valence-electron chi connectivity index (χ3n) is 0.917. The highest BCUT2D eigenvalue weighted by Gasteiger charge is 2.07.